The van der Waals surface area contributed by atoms with Crippen LogP contribution in [0.5, 0.6) is 0 Å². The van der Waals surface area contributed by atoms with Crippen molar-refractivity contribution in [3.63, 3.8) is 0 Å². The van der Waals surface area contributed by atoms with Crippen LogP contribution in [-0.4, -0.2) is 30.9 Å². The minimum atomic E-state index is -0.194. The fourth-order valence-electron chi connectivity index (χ4n) is 3.74. The highest BCUT2D eigenvalue weighted by molar-refractivity contribution is 6.06. The van der Waals surface area contributed by atoms with Gasteiger partial charge in [0.05, 0.1) is 11.4 Å². The molecular formula is C22H25N3O2. The van der Waals surface area contributed by atoms with Gasteiger partial charge in [0.1, 0.15) is 6.04 Å². The Labute approximate surface area is 160 Å². The van der Waals surface area contributed by atoms with E-state index in [1.807, 2.05) is 50.2 Å². The van der Waals surface area contributed by atoms with E-state index < -0.39 is 0 Å². The van der Waals surface area contributed by atoms with Crippen LogP contribution in [0.15, 0.2) is 42.5 Å². The molecular weight excluding hydrogens is 338 g/mol. The topological polar surface area (TPSA) is 52.7 Å². The van der Waals surface area contributed by atoms with E-state index in [9.17, 15) is 9.59 Å². The largest absolute Gasteiger partial charge is 0.355 e. The van der Waals surface area contributed by atoms with Crippen LogP contribution in [-0.2, 0) is 11.3 Å². The second kappa shape index (κ2) is 6.72. The van der Waals surface area contributed by atoms with Crippen molar-refractivity contribution in [3.8, 4) is 0 Å². The maximum atomic E-state index is 12.7. The molecule has 0 aromatic heterocycles. The van der Waals surface area contributed by atoms with Gasteiger partial charge in [-0.15, -0.1) is 0 Å². The number of nitrogens with zero attached hydrogens (tertiary/aromatic N) is 2. The lowest BCUT2D eigenvalue weighted by Crippen LogP contribution is -2.51. The second-order valence-corrected chi connectivity index (χ2v) is 7.58. The molecule has 1 N–H and O–H groups in total. The minimum Gasteiger partial charge on any atom is -0.355 e. The summed E-state index contributed by atoms with van der Waals surface area (Å²) in [4.78, 5) is 29.1. The summed E-state index contributed by atoms with van der Waals surface area (Å²) in [5.74, 6) is 0.00676. The quantitative estimate of drug-likeness (QED) is 0.907. The van der Waals surface area contributed by atoms with Crippen LogP contribution in [0.25, 0.3) is 0 Å². The third kappa shape index (κ3) is 3.29. The highest BCUT2D eigenvalue weighted by Crippen LogP contribution is 2.42. The first-order valence-corrected chi connectivity index (χ1v) is 9.49. The Hall–Kier alpha value is -2.82. The molecule has 1 heterocycles. The molecule has 5 heteroatoms. The first-order chi connectivity index (χ1) is 13.0. The Balaban J connectivity index is 1.57. The predicted octanol–water partition coefficient (Wildman–Crippen LogP) is 3.26. The molecule has 2 aromatic rings. The van der Waals surface area contributed by atoms with Crippen molar-refractivity contribution in [2.24, 2.45) is 0 Å². The zero-order valence-electron chi connectivity index (χ0n) is 16.0. The summed E-state index contributed by atoms with van der Waals surface area (Å²) < 4.78 is 0. The predicted molar refractivity (Wildman–Crippen MR) is 107 cm³/mol. The summed E-state index contributed by atoms with van der Waals surface area (Å²) in [7, 11) is 1.80. The van der Waals surface area contributed by atoms with Gasteiger partial charge >= 0.3 is 0 Å². The van der Waals surface area contributed by atoms with Gasteiger partial charge in [-0.3, -0.25) is 9.59 Å². The Morgan fingerprint density at radius 3 is 2.48 bits per heavy atom. The molecule has 1 unspecified atom stereocenters. The molecule has 0 spiro atoms. The zero-order chi connectivity index (χ0) is 19.1. The highest BCUT2D eigenvalue weighted by atomic mass is 16.2. The fraction of sp³-hybridized carbons (Fsp3) is 0.364. The van der Waals surface area contributed by atoms with Crippen LogP contribution in [0.3, 0.4) is 0 Å². The number of rotatable bonds is 4. The van der Waals surface area contributed by atoms with E-state index in [1.54, 1.807) is 18.0 Å². The number of hydrogen-bond acceptors (Lipinski definition) is 3. The molecule has 4 rings (SSSR count). The van der Waals surface area contributed by atoms with Crippen molar-refractivity contribution >= 4 is 23.2 Å². The van der Waals surface area contributed by atoms with Crippen LogP contribution >= 0.6 is 0 Å². The average Bonchev–Trinajstić information content (AvgIpc) is 3.50. The Morgan fingerprint density at radius 2 is 1.81 bits per heavy atom. The van der Waals surface area contributed by atoms with Crippen LogP contribution in [0, 0.1) is 6.92 Å². The molecule has 1 saturated carbocycles. The Bertz CT molecular complexity index is 887. The van der Waals surface area contributed by atoms with E-state index in [0.717, 1.165) is 29.8 Å². The molecule has 1 fully saturated rings. The van der Waals surface area contributed by atoms with Crippen LogP contribution in [0.1, 0.15) is 41.3 Å². The van der Waals surface area contributed by atoms with Crippen LogP contribution in [0.2, 0.25) is 0 Å². The molecule has 2 aromatic carbocycles. The molecule has 0 bridgehead atoms. The van der Waals surface area contributed by atoms with E-state index in [0.29, 0.717) is 18.2 Å². The maximum Gasteiger partial charge on any atom is 0.251 e. The molecule has 2 aliphatic rings. The SMILES string of the molecule is Cc1ccc(CNC(=O)c2ccc3c(c2)N(C2CC2)C(C)C(=O)N3C)cc1. The molecule has 2 amide bonds. The fourth-order valence-corrected chi connectivity index (χ4v) is 3.74. The molecule has 1 aliphatic carbocycles. The molecule has 0 radical (unpaired) electrons. The number of nitrogens with one attached hydrogen (secondary N) is 1. The van der Waals surface area contributed by atoms with Crippen molar-refractivity contribution in [2.45, 2.75) is 45.3 Å². The van der Waals surface area contributed by atoms with Crippen molar-refractivity contribution in [2.75, 3.05) is 16.8 Å². The normalized spacial score (nSPS) is 19.1. The van der Waals surface area contributed by atoms with Crippen molar-refractivity contribution in [1.82, 2.24) is 5.32 Å². The van der Waals surface area contributed by atoms with E-state index in [-0.39, 0.29) is 17.9 Å². The minimum absolute atomic E-state index is 0.0960. The number of fused-ring (bicyclic) bond motifs is 1. The smallest absolute Gasteiger partial charge is 0.251 e. The Morgan fingerprint density at radius 1 is 1.11 bits per heavy atom. The second-order valence-electron chi connectivity index (χ2n) is 7.58. The van der Waals surface area contributed by atoms with Gasteiger partial charge in [0, 0.05) is 25.2 Å². The van der Waals surface area contributed by atoms with Crippen LogP contribution in [0.4, 0.5) is 11.4 Å². The third-order valence-electron chi connectivity index (χ3n) is 5.50. The molecule has 27 heavy (non-hydrogen) atoms. The van der Waals surface area contributed by atoms with Gasteiger partial charge in [0.15, 0.2) is 0 Å². The Kier molecular flexibility index (Phi) is 4.38. The molecule has 1 aliphatic heterocycles. The third-order valence-corrected chi connectivity index (χ3v) is 5.50. The van der Waals surface area contributed by atoms with Gasteiger partial charge in [0.2, 0.25) is 5.91 Å². The number of anilines is 2. The van der Waals surface area contributed by atoms with Gasteiger partial charge in [0.25, 0.3) is 5.91 Å². The summed E-state index contributed by atoms with van der Waals surface area (Å²) >= 11 is 0. The average molecular weight is 363 g/mol. The standard InChI is InChI=1S/C22H25N3O2/c1-14-4-6-16(7-5-14)13-23-21(26)17-8-11-19-20(12-17)25(18-9-10-18)15(2)22(27)24(19)3/h4-8,11-12,15,18H,9-10,13H2,1-3H3,(H,23,26). The van der Waals surface area contributed by atoms with E-state index in [1.165, 1.54) is 5.56 Å². The lowest BCUT2D eigenvalue weighted by Gasteiger charge is -2.40. The number of carbonyl (C=O) groups excluding carboxylic acids is 2. The zero-order valence-corrected chi connectivity index (χ0v) is 16.0. The monoisotopic (exact) mass is 363 g/mol. The van der Waals surface area contributed by atoms with Gasteiger partial charge in [-0.2, -0.15) is 0 Å². The van der Waals surface area contributed by atoms with Crippen LogP contribution < -0.4 is 15.1 Å². The summed E-state index contributed by atoms with van der Waals surface area (Å²) in [6.45, 7) is 4.49. The number of carbonyl (C=O) groups is 2. The molecule has 140 valence electrons. The van der Waals surface area contributed by atoms with E-state index in [4.69, 9.17) is 0 Å². The summed E-state index contributed by atoms with van der Waals surface area (Å²) in [5.41, 5.74) is 4.76. The summed E-state index contributed by atoms with van der Waals surface area (Å²) in [6.07, 6.45) is 2.20. The summed E-state index contributed by atoms with van der Waals surface area (Å²) in [5, 5.41) is 2.99. The molecule has 5 nitrogen and oxygen atoms in total. The highest BCUT2D eigenvalue weighted by Gasteiger charge is 2.41. The number of amides is 2. The van der Waals surface area contributed by atoms with Gasteiger partial charge in [-0.05, 0) is 50.5 Å². The number of likely N-dealkylation sites (N-methyl/N-ethyl adjacent to an activating group) is 1. The van der Waals surface area contributed by atoms with Gasteiger partial charge in [-0.25, -0.2) is 0 Å². The van der Waals surface area contributed by atoms with Gasteiger partial charge < -0.3 is 15.1 Å². The lowest BCUT2D eigenvalue weighted by atomic mass is 10.0. The van der Waals surface area contributed by atoms with Crippen molar-refractivity contribution < 1.29 is 9.59 Å². The number of aryl methyl sites for hydroxylation is 1. The molecule has 0 saturated heterocycles. The maximum absolute atomic E-state index is 12.7. The number of hydrogen-bond donors (Lipinski definition) is 1. The lowest BCUT2D eigenvalue weighted by molar-refractivity contribution is -0.119. The number of benzene rings is 2. The molecule has 1 atom stereocenters. The first-order valence-electron chi connectivity index (χ1n) is 9.49. The van der Waals surface area contributed by atoms with E-state index >= 15 is 0 Å². The van der Waals surface area contributed by atoms with Gasteiger partial charge in [-0.1, -0.05) is 29.8 Å². The first kappa shape index (κ1) is 17.6. The van der Waals surface area contributed by atoms with Crippen molar-refractivity contribution in [3.05, 3.63) is 59.2 Å². The summed E-state index contributed by atoms with van der Waals surface area (Å²) in [6, 6.07) is 14.0. The van der Waals surface area contributed by atoms with E-state index in [2.05, 4.69) is 10.2 Å². The van der Waals surface area contributed by atoms with Crippen molar-refractivity contribution in [1.29, 1.82) is 0 Å².